The third kappa shape index (κ3) is 4.59. The average Bonchev–Trinajstić information content (AvgIpc) is 3.47. The van der Waals surface area contributed by atoms with Crippen molar-refractivity contribution in [1.29, 1.82) is 5.26 Å². The van der Waals surface area contributed by atoms with Gasteiger partial charge in [-0.2, -0.15) is 5.26 Å². The number of hydrogen-bond donors (Lipinski definition) is 2. The van der Waals surface area contributed by atoms with Crippen LogP contribution in [0.3, 0.4) is 0 Å². The number of amides is 1. The summed E-state index contributed by atoms with van der Waals surface area (Å²) in [6.45, 7) is 1.21. The number of rotatable bonds is 7. The van der Waals surface area contributed by atoms with Gasteiger partial charge in [-0.25, -0.2) is 0 Å². The van der Waals surface area contributed by atoms with Crippen LogP contribution in [0.1, 0.15) is 24.0 Å². The van der Waals surface area contributed by atoms with Crippen LogP contribution in [0.5, 0.6) is 5.75 Å². The molecule has 1 aliphatic carbocycles. The van der Waals surface area contributed by atoms with E-state index < -0.39 is 0 Å². The van der Waals surface area contributed by atoms with Gasteiger partial charge in [0.1, 0.15) is 18.4 Å². The predicted molar refractivity (Wildman–Crippen MR) is 95.3 cm³/mol. The zero-order valence-electron chi connectivity index (χ0n) is 14.3. The summed E-state index contributed by atoms with van der Waals surface area (Å²) in [5.74, 6) is 0.778. The summed E-state index contributed by atoms with van der Waals surface area (Å²) in [4.78, 5) is 13.7. The first kappa shape index (κ1) is 17.0. The molecular formula is C20H22N3O2+. The summed E-state index contributed by atoms with van der Waals surface area (Å²) in [7, 11) is 1.65. The minimum atomic E-state index is -0.0573. The van der Waals surface area contributed by atoms with Gasteiger partial charge >= 0.3 is 0 Å². The molecule has 1 atom stereocenters. The van der Waals surface area contributed by atoms with Crippen molar-refractivity contribution in [3.8, 4) is 11.8 Å². The Morgan fingerprint density at radius 3 is 2.60 bits per heavy atom. The third-order valence-corrected chi connectivity index (χ3v) is 4.45. The highest BCUT2D eigenvalue weighted by molar-refractivity contribution is 5.92. The molecule has 2 aromatic rings. The molecule has 0 radical (unpaired) electrons. The van der Waals surface area contributed by atoms with Crippen molar-refractivity contribution in [3.05, 3.63) is 59.7 Å². The Morgan fingerprint density at radius 2 is 1.96 bits per heavy atom. The maximum Gasteiger partial charge on any atom is 0.279 e. The number of para-hydroxylation sites is 1. The maximum absolute atomic E-state index is 12.5. The van der Waals surface area contributed by atoms with Gasteiger partial charge in [0.2, 0.25) is 0 Å². The molecule has 5 nitrogen and oxygen atoms in total. The largest absolute Gasteiger partial charge is 0.497 e. The van der Waals surface area contributed by atoms with Gasteiger partial charge in [-0.3, -0.25) is 4.79 Å². The molecule has 2 N–H and O–H groups in total. The van der Waals surface area contributed by atoms with E-state index >= 15 is 0 Å². The monoisotopic (exact) mass is 336 g/mol. The number of nitriles is 1. The number of anilines is 1. The quantitative estimate of drug-likeness (QED) is 0.809. The molecule has 0 aromatic heterocycles. The third-order valence-electron chi connectivity index (χ3n) is 4.45. The Labute approximate surface area is 147 Å². The summed E-state index contributed by atoms with van der Waals surface area (Å²) >= 11 is 0. The van der Waals surface area contributed by atoms with Gasteiger partial charge in [0.15, 0.2) is 6.54 Å². The molecule has 3 rings (SSSR count). The SMILES string of the molecule is COc1ccc(C[NH+](CC(=O)Nc2ccccc2C#N)C2CC2)cc1. The first-order valence-electron chi connectivity index (χ1n) is 8.46. The summed E-state index contributed by atoms with van der Waals surface area (Å²) in [6.07, 6.45) is 2.32. The van der Waals surface area contributed by atoms with Crippen molar-refractivity contribution in [2.45, 2.75) is 25.4 Å². The first-order chi connectivity index (χ1) is 12.2. The number of benzene rings is 2. The van der Waals surface area contributed by atoms with Gasteiger partial charge in [0.25, 0.3) is 5.91 Å². The minimum absolute atomic E-state index is 0.0573. The van der Waals surface area contributed by atoms with Crippen molar-refractivity contribution in [1.82, 2.24) is 0 Å². The standard InChI is InChI=1S/C20H21N3O2/c1-25-18-10-6-15(7-11-18)13-23(17-8-9-17)14-20(24)22-19-5-3-2-4-16(19)12-21/h2-7,10-11,17H,8-9,13-14H2,1H3,(H,22,24)/p+1. The van der Waals surface area contributed by atoms with E-state index in [-0.39, 0.29) is 5.91 Å². The normalized spacial score (nSPS) is 14.4. The lowest BCUT2D eigenvalue weighted by Crippen LogP contribution is -3.13. The Kier molecular flexibility index (Phi) is 5.32. The molecule has 2 aromatic carbocycles. The van der Waals surface area contributed by atoms with Crippen LogP contribution in [0.25, 0.3) is 0 Å². The number of quaternary nitrogens is 1. The first-order valence-corrected chi connectivity index (χ1v) is 8.46. The van der Waals surface area contributed by atoms with Gasteiger partial charge in [-0.15, -0.1) is 0 Å². The second-order valence-electron chi connectivity index (χ2n) is 6.34. The van der Waals surface area contributed by atoms with E-state index in [9.17, 15) is 4.79 Å². The van der Waals surface area contributed by atoms with Gasteiger partial charge in [-0.1, -0.05) is 12.1 Å². The molecule has 128 valence electrons. The second-order valence-corrected chi connectivity index (χ2v) is 6.34. The molecule has 1 amide bonds. The van der Waals surface area contributed by atoms with E-state index in [4.69, 9.17) is 10.00 Å². The Morgan fingerprint density at radius 1 is 1.24 bits per heavy atom. The zero-order chi connectivity index (χ0) is 17.6. The Balaban J connectivity index is 1.63. The van der Waals surface area contributed by atoms with E-state index in [0.717, 1.165) is 25.1 Å². The molecule has 0 bridgehead atoms. The summed E-state index contributed by atoms with van der Waals surface area (Å²) < 4.78 is 5.19. The maximum atomic E-state index is 12.5. The number of carbonyl (C=O) groups excluding carboxylic acids is 1. The molecule has 0 aliphatic heterocycles. The molecule has 1 unspecified atom stereocenters. The van der Waals surface area contributed by atoms with Crippen molar-refractivity contribution < 1.29 is 14.4 Å². The predicted octanol–water partition coefficient (Wildman–Crippen LogP) is 1.75. The lowest BCUT2D eigenvalue weighted by Gasteiger charge is -2.19. The lowest BCUT2D eigenvalue weighted by atomic mass is 10.2. The fourth-order valence-electron chi connectivity index (χ4n) is 2.94. The number of nitrogens with zero attached hydrogens (tertiary/aromatic N) is 1. The van der Waals surface area contributed by atoms with Crippen LogP contribution < -0.4 is 15.0 Å². The van der Waals surface area contributed by atoms with E-state index in [2.05, 4.69) is 11.4 Å². The second kappa shape index (κ2) is 7.82. The lowest BCUT2D eigenvalue weighted by molar-refractivity contribution is -0.916. The smallest absolute Gasteiger partial charge is 0.279 e. The van der Waals surface area contributed by atoms with E-state index in [1.807, 2.05) is 30.3 Å². The van der Waals surface area contributed by atoms with Crippen molar-refractivity contribution >= 4 is 11.6 Å². The molecule has 0 saturated heterocycles. The molecular weight excluding hydrogens is 314 g/mol. The molecule has 0 heterocycles. The van der Waals surface area contributed by atoms with Crippen LogP contribution in [0.2, 0.25) is 0 Å². The molecule has 1 aliphatic rings. The highest BCUT2D eigenvalue weighted by Gasteiger charge is 2.34. The number of carbonyl (C=O) groups is 1. The molecule has 5 heteroatoms. The van der Waals surface area contributed by atoms with Crippen LogP contribution in [-0.2, 0) is 11.3 Å². The summed E-state index contributed by atoms with van der Waals surface area (Å²) in [5, 5.41) is 12.0. The highest BCUT2D eigenvalue weighted by atomic mass is 16.5. The fraction of sp³-hybridized carbons (Fsp3) is 0.300. The Hall–Kier alpha value is -2.84. The van der Waals surface area contributed by atoms with Crippen LogP contribution >= 0.6 is 0 Å². The Bertz CT molecular complexity index is 776. The number of ether oxygens (including phenoxy) is 1. The highest BCUT2D eigenvalue weighted by Crippen LogP contribution is 2.17. The van der Waals surface area contributed by atoms with E-state index in [1.165, 1.54) is 10.5 Å². The van der Waals surface area contributed by atoms with Crippen molar-refractivity contribution in [2.24, 2.45) is 0 Å². The van der Waals surface area contributed by atoms with Crippen LogP contribution in [-0.4, -0.2) is 25.6 Å². The van der Waals surface area contributed by atoms with E-state index in [1.54, 1.807) is 25.3 Å². The molecule has 25 heavy (non-hydrogen) atoms. The van der Waals surface area contributed by atoms with Crippen molar-refractivity contribution in [2.75, 3.05) is 19.0 Å². The minimum Gasteiger partial charge on any atom is -0.497 e. The fourth-order valence-corrected chi connectivity index (χ4v) is 2.94. The topological polar surface area (TPSA) is 66.6 Å². The van der Waals surface area contributed by atoms with Gasteiger partial charge < -0.3 is 15.0 Å². The number of hydrogen-bond acceptors (Lipinski definition) is 3. The van der Waals surface area contributed by atoms with Gasteiger partial charge in [0, 0.05) is 18.4 Å². The van der Waals surface area contributed by atoms with Crippen LogP contribution in [0.15, 0.2) is 48.5 Å². The average molecular weight is 336 g/mol. The van der Waals surface area contributed by atoms with E-state index in [0.29, 0.717) is 23.8 Å². The molecule has 1 saturated carbocycles. The van der Waals surface area contributed by atoms with Gasteiger partial charge in [-0.05, 0) is 36.4 Å². The number of methoxy groups -OCH3 is 1. The van der Waals surface area contributed by atoms with Gasteiger partial charge in [0.05, 0.1) is 24.4 Å². The van der Waals surface area contributed by atoms with Crippen molar-refractivity contribution in [3.63, 3.8) is 0 Å². The summed E-state index contributed by atoms with van der Waals surface area (Å²) in [6, 6.07) is 17.7. The number of nitrogens with one attached hydrogen (secondary N) is 2. The molecule has 0 spiro atoms. The molecule has 1 fully saturated rings. The van der Waals surface area contributed by atoms with Crippen LogP contribution in [0.4, 0.5) is 5.69 Å². The zero-order valence-corrected chi connectivity index (χ0v) is 14.3. The van der Waals surface area contributed by atoms with Crippen LogP contribution in [0, 0.1) is 11.3 Å². The summed E-state index contributed by atoms with van der Waals surface area (Å²) in [5.41, 5.74) is 2.25.